The normalized spacial score (nSPS) is 22.5. The molecule has 1 aliphatic carbocycles. The molecule has 1 saturated carbocycles. The summed E-state index contributed by atoms with van der Waals surface area (Å²) in [5, 5.41) is 5.79. The number of carbonyl (C=O) groups is 2. The molecule has 3 unspecified atom stereocenters. The fourth-order valence-electron chi connectivity index (χ4n) is 2.90. The second kappa shape index (κ2) is 8.51. The molecular formula is C19H26N2O2. The zero-order chi connectivity index (χ0) is 16.7. The first-order valence-electron chi connectivity index (χ1n) is 8.40. The Balaban J connectivity index is 1.80. The molecule has 4 heteroatoms. The molecule has 0 bridgehead atoms. The molecule has 124 valence electrons. The summed E-state index contributed by atoms with van der Waals surface area (Å²) in [6, 6.07) is 9.30. The third-order valence-corrected chi connectivity index (χ3v) is 4.42. The molecule has 1 aromatic carbocycles. The standard InChI is InChI=1S/C19H26N2O2/c1-14-8-6-7-11-17(14)21-19(23)15(2)20-18(22)13-12-16-9-4-3-5-10-16/h3-5,9-10,12-15,17H,6-8,11H2,1-2H3,(H,20,22)(H,21,23)/b13-12+. The van der Waals surface area contributed by atoms with Crippen LogP contribution in [0.1, 0.15) is 45.1 Å². The molecule has 1 fully saturated rings. The average molecular weight is 314 g/mol. The minimum atomic E-state index is -0.531. The first-order valence-corrected chi connectivity index (χ1v) is 8.40. The van der Waals surface area contributed by atoms with E-state index in [1.54, 1.807) is 13.0 Å². The first-order chi connectivity index (χ1) is 11.1. The number of nitrogens with one attached hydrogen (secondary N) is 2. The Bertz CT molecular complexity index is 554. The number of hydrogen-bond donors (Lipinski definition) is 2. The highest BCUT2D eigenvalue weighted by atomic mass is 16.2. The molecule has 2 N–H and O–H groups in total. The van der Waals surface area contributed by atoms with Gasteiger partial charge in [-0.3, -0.25) is 9.59 Å². The van der Waals surface area contributed by atoms with Crippen molar-refractivity contribution in [3.8, 4) is 0 Å². The van der Waals surface area contributed by atoms with Gasteiger partial charge in [0.15, 0.2) is 0 Å². The van der Waals surface area contributed by atoms with Gasteiger partial charge in [0.2, 0.25) is 11.8 Å². The zero-order valence-electron chi connectivity index (χ0n) is 13.9. The highest BCUT2D eigenvalue weighted by Crippen LogP contribution is 2.23. The van der Waals surface area contributed by atoms with Crippen LogP contribution in [-0.2, 0) is 9.59 Å². The minimum absolute atomic E-state index is 0.106. The van der Waals surface area contributed by atoms with E-state index in [1.165, 1.54) is 12.5 Å². The number of benzene rings is 1. The van der Waals surface area contributed by atoms with Gasteiger partial charge in [-0.15, -0.1) is 0 Å². The predicted octanol–water partition coefficient (Wildman–Crippen LogP) is 2.90. The Hall–Kier alpha value is -2.10. The van der Waals surface area contributed by atoms with Crippen LogP contribution in [0.3, 0.4) is 0 Å². The molecule has 1 aliphatic rings. The zero-order valence-corrected chi connectivity index (χ0v) is 13.9. The summed E-state index contributed by atoms with van der Waals surface area (Å²) < 4.78 is 0. The second-order valence-corrected chi connectivity index (χ2v) is 6.35. The number of amides is 2. The van der Waals surface area contributed by atoms with Gasteiger partial charge in [0.1, 0.15) is 6.04 Å². The van der Waals surface area contributed by atoms with Crippen molar-refractivity contribution in [1.29, 1.82) is 0 Å². The number of rotatable bonds is 5. The van der Waals surface area contributed by atoms with Gasteiger partial charge in [-0.05, 0) is 37.3 Å². The SMILES string of the molecule is CC(NC(=O)/C=C/c1ccccc1)C(=O)NC1CCCCC1C. The molecule has 2 amide bonds. The molecule has 0 saturated heterocycles. The molecule has 4 nitrogen and oxygen atoms in total. The fourth-order valence-corrected chi connectivity index (χ4v) is 2.90. The van der Waals surface area contributed by atoms with Gasteiger partial charge in [0.05, 0.1) is 0 Å². The van der Waals surface area contributed by atoms with E-state index < -0.39 is 6.04 Å². The van der Waals surface area contributed by atoms with E-state index in [2.05, 4.69) is 17.6 Å². The third kappa shape index (κ3) is 5.55. The van der Waals surface area contributed by atoms with Crippen LogP contribution < -0.4 is 10.6 Å². The highest BCUT2D eigenvalue weighted by Gasteiger charge is 2.25. The van der Waals surface area contributed by atoms with Gasteiger partial charge < -0.3 is 10.6 Å². The van der Waals surface area contributed by atoms with Crippen LogP contribution in [0.4, 0.5) is 0 Å². The Morgan fingerprint density at radius 1 is 1.17 bits per heavy atom. The van der Waals surface area contributed by atoms with E-state index in [-0.39, 0.29) is 17.9 Å². The second-order valence-electron chi connectivity index (χ2n) is 6.35. The fraction of sp³-hybridized carbons (Fsp3) is 0.474. The van der Waals surface area contributed by atoms with E-state index in [4.69, 9.17) is 0 Å². The van der Waals surface area contributed by atoms with Crippen molar-refractivity contribution in [1.82, 2.24) is 10.6 Å². The van der Waals surface area contributed by atoms with Crippen molar-refractivity contribution < 1.29 is 9.59 Å². The Labute approximate surface area is 138 Å². The first kappa shape index (κ1) is 17.3. The molecule has 23 heavy (non-hydrogen) atoms. The molecule has 1 aromatic rings. The summed E-state index contributed by atoms with van der Waals surface area (Å²) in [6.07, 6.45) is 7.79. The van der Waals surface area contributed by atoms with E-state index in [0.717, 1.165) is 24.8 Å². The molecular weight excluding hydrogens is 288 g/mol. The van der Waals surface area contributed by atoms with Crippen LogP contribution in [0.25, 0.3) is 6.08 Å². The van der Waals surface area contributed by atoms with Crippen molar-refractivity contribution in [2.24, 2.45) is 5.92 Å². The lowest BCUT2D eigenvalue weighted by Crippen LogP contribution is -2.50. The quantitative estimate of drug-likeness (QED) is 0.821. The average Bonchev–Trinajstić information content (AvgIpc) is 2.56. The van der Waals surface area contributed by atoms with Gasteiger partial charge >= 0.3 is 0 Å². The molecule has 0 radical (unpaired) electrons. The largest absolute Gasteiger partial charge is 0.351 e. The van der Waals surface area contributed by atoms with Crippen molar-refractivity contribution in [2.75, 3.05) is 0 Å². The van der Waals surface area contributed by atoms with Crippen LogP contribution in [0.2, 0.25) is 0 Å². The van der Waals surface area contributed by atoms with Crippen molar-refractivity contribution >= 4 is 17.9 Å². The highest BCUT2D eigenvalue weighted by molar-refractivity contribution is 5.95. The Kier molecular flexibility index (Phi) is 6.39. The number of hydrogen-bond acceptors (Lipinski definition) is 2. The minimum Gasteiger partial charge on any atom is -0.351 e. The number of carbonyl (C=O) groups excluding carboxylic acids is 2. The molecule has 0 aliphatic heterocycles. The van der Waals surface area contributed by atoms with Gasteiger partial charge in [0.25, 0.3) is 0 Å². The van der Waals surface area contributed by atoms with E-state index >= 15 is 0 Å². The van der Waals surface area contributed by atoms with Crippen molar-refractivity contribution in [2.45, 2.75) is 51.6 Å². The molecule has 0 heterocycles. The lowest BCUT2D eigenvalue weighted by Gasteiger charge is -2.30. The van der Waals surface area contributed by atoms with Gasteiger partial charge in [-0.1, -0.05) is 50.1 Å². The maximum Gasteiger partial charge on any atom is 0.244 e. The molecule has 2 rings (SSSR count). The summed E-state index contributed by atoms with van der Waals surface area (Å²) in [5.41, 5.74) is 0.954. The molecule has 3 atom stereocenters. The van der Waals surface area contributed by atoms with E-state index in [0.29, 0.717) is 5.92 Å². The molecule has 0 aromatic heterocycles. The monoisotopic (exact) mass is 314 g/mol. The van der Waals surface area contributed by atoms with Crippen LogP contribution >= 0.6 is 0 Å². The summed E-state index contributed by atoms with van der Waals surface area (Å²) in [7, 11) is 0. The van der Waals surface area contributed by atoms with Crippen LogP contribution in [0.15, 0.2) is 36.4 Å². The van der Waals surface area contributed by atoms with Crippen LogP contribution in [0, 0.1) is 5.92 Å². The molecule has 0 spiro atoms. The van der Waals surface area contributed by atoms with Gasteiger partial charge in [-0.25, -0.2) is 0 Å². The summed E-state index contributed by atoms with van der Waals surface area (Å²) in [4.78, 5) is 24.1. The summed E-state index contributed by atoms with van der Waals surface area (Å²) in [6.45, 7) is 3.90. The van der Waals surface area contributed by atoms with Gasteiger partial charge in [-0.2, -0.15) is 0 Å². The third-order valence-electron chi connectivity index (χ3n) is 4.42. The Morgan fingerprint density at radius 3 is 2.57 bits per heavy atom. The van der Waals surface area contributed by atoms with E-state index in [1.807, 2.05) is 30.3 Å². The summed E-state index contributed by atoms with van der Waals surface area (Å²) in [5.74, 6) is 0.145. The smallest absolute Gasteiger partial charge is 0.244 e. The predicted molar refractivity (Wildman–Crippen MR) is 92.6 cm³/mol. The van der Waals surface area contributed by atoms with E-state index in [9.17, 15) is 9.59 Å². The lowest BCUT2D eigenvalue weighted by molar-refractivity contribution is -0.127. The van der Waals surface area contributed by atoms with Gasteiger partial charge in [0, 0.05) is 12.1 Å². The van der Waals surface area contributed by atoms with Crippen molar-refractivity contribution in [3.63, 3.8) is 0 Å². The maximum atomic E-state index is 12.2. The van der Waals surface area contributed by atoms with Crippen LogP contribution in [-0.4, -0.2) is 23.9 Å². The van der Waals surface area contributed by atoms with Crippen LogP contribution in [0.5, 0.6) is 0 Å². The topological polar surface area (TPSA) is 58.2 Å². The van der Waals surface area contributed by atoms with Crippen molar-refractivity contribution in [3.05, 3.63) is 42.0 Å². The lowest BCUT2D eigenvalue weighted by atomic mass is 9.86. The maximum absolute atomic E-state index is 12.2. The Morgan fingerprint density at radius 2 is 1.87 bits per heavy atom. The summed E-state index contributed by atoms with van der Waals surface area (Å²) >= 11 is 0.